The third-order valence-corrected chi connectivity index (χ3v) is 4.02. The van der Waals surface area contributed by atoms with Gasteiger partial charge in [0.1, 0.15) is 0 Å². The second-order valence-electron chi connectivity index (χ2n) is 5.64. The van der Waals surface area contributed by atoms with Crippen LogP contribution in [0, 0.1) is 0 Å². The molecule has 1 aromatic rings. The molecule has 1 atom stereocenters. The van der Waals surface area contributed by atoms with Gasteiger partial charge in [-0.15, -0.1) is 24.0 Å². The first-order chi connectivity index (χ1) is 11.8. The van der Waals surface area contributed by atoms with Crippen molar-refractivity contribution in [2.45, 2.75) is 33.2 Å². The minimum absolute atomic E-state index is 0. The lowest BCUT2D eigenvalue weighted by Crippen LogP contribution is -2.39. The molecule has 0 spiro atoms. The van der Waals surface area contributed by atoms with Crippen molar-refractivity contribution in [3.63, 3.8) is 0 Å². The largest absolute Gasteiger partial charge is 0.385 e. The monoisotopic (exact) mass is 462 g/mol. The normalized spacial score (nSPS) is 12.6. The predicted octanol–water partition coefficient (Wildman–Crippen LogP) is 3.28. The Morgan fingerprint density at radius 2 is 1.80 bits per heavy atom. The van der Waals surface area contributed by atoms with Crippen LogP contribution in [0.4, 0.5) is 0 Å². The average Bonchev–Trinajstić information content (AvgIpc) is 2.62. The molecule has 0 aromatic heterocycles. The molecule has 0 bridgehead atoms. The second kappa shape index (κ2) is 15.4. The third kappa shape index (κ3) is 9.42. The molecule has 25 heavy (non-hydrogen) atoms. The highest BCUT2D eigenvalue weighted by Gasteiger charge is 2.17. The van der Waals surface area contributed by atoms with Crippen LogP contribution in [0.25, 0.3) is 0 Å². The molecule has 5 nitrogen and oxygen atoms in total. The van der Waals surface area contributed by atoms with E-state index < -0.39 is 0 Å². The zero-order chi connectivity index (χ0) is 17.6. The molecule has 144 valence electrons. The van der Waals surface area contributed by atoms with Crippen molar-refractivity contribution in [1.82, 2.24) is 15.5 Å². The first-order valence-electron chi connectivity index (χ1n) is 9.06. The zero-order valence-electron chi connectivity index (χ0n) is 16.1. The molecule has 0 heterocycles. The fourth-order valence-corrected chi connectivity index (χ4v) is 2.71. The highest BCUT2D eigenvalue weighted by atomic mass is 127. The average molecular weight is 462 g/mol. The first-order valence-corrected chi connectivity index (χ1v) is 9.06. The summed E-state index contributed by atoms with van der Waals surface area (Å²) in [5.74, 6) is 0.877. The molecule has 0 fully saturated rings. The van der Waals surface area contributed by atoms with Gasteiger partial charge < -0.3 is 15.4 Å². The Balaban J connectivity index is 0.00000576. The van der Waals surface area contributed by atoms with Crippen molar-refractivity contribution in [1.29, 1.82) is 0 Å². The van der Waals surface area contributed by atoms with Crippen molar-refractivity contribution in [3.05, 3.63) is 35.9 Å². The van der Waals surface area contributed by atoms with E-state index in [2.05, 4.69) is 66.6 Å². The van der Waals surface area contributed by atoms with Gasteiger partial charge in [-0.05, 0) is 32.0 Å². The molecule has 0 saturated heterocycles. The zero-order valence-corrected chi connectivity index (χ0v) is 18.5. The maximum atomic E-state index is 5.09. The number of nitrogens with zero attached hydrogens (tertiary/aromatic N) is 2. The maximum absolute atomic E-state index is 5.09. The number of hydrogen-bond acceptors (Lipinski definition) is 3. The number of halogens is 1. The molecular weight excluding hydrogens is 427 g/mol. The Morgan fingerprint density at radius 3 is 2.36 bits per heavy atom. The highest BCUT2D eigenvalue weighted by molar-refractivity contribution is 14.0. The summed E-state index contributed by atoms with van der Waals surface area (Å²) in [6.07, 6.45) is 0.971. The molecule has 6 heteroatoms. The van der Waals surface area contributed by atoms with Crippen molar-refractivity contribution in [2.75, 3.05) is 46.4 Å². The van der Waals surface area contributed by atoms with E-state index in [1.165, 1.54) is 5.56 Å². The Hall–Kier alpha value is -0.860. The van der Waals surface area contributed by atoms with Crippen LogP contribution >= 0.6 is 24.0 Å². The Labute approximate surface area is 170 Å². The minimum Gasteiger partial charge on any atom is -0.385 e. The molecule has 1 rings (SSSR count). The number of hydrogen-bond donors (Lipinski definition) is 2. The van der Waals surface area contributed by atoms with E-state index >= 15 is 0 Å². The van der Waals surface area contributed by atoms with Crippen LogP contribution in [0.5, 0.6) is 0 Å². The summed E-state index contributed by atoms with van der Waals surface area (Å²) < 4.78 is 5.09. The molecule has 1 unspecified atom stereocenters. The van der Waals surface area contributed by atoms with Gasteiger partial charge in [-0.2, -0.15) is 0 Å². The van der Waals surface area contributed by atoms with E-state index in [1.54, 1.807) is 7.11 Å². The number of nitrogens with one attached hydrogen (secondary N) is 2. The smallest absolute Gasteiger partial charge is 0.191 e. The van der Waals surface area contributed by atoms with Gasteiger partial charge in [-0.1, -0.05) is 44.2 Å². The topological polar surface area (TPSA) is 48.9 Å². The SMILES string of the molecule is CCNC(=NCC(c1ccccc1)N(CC)CC)NCCCOC.I. The highest BCUT2D eigenvalue weighted by Crippen LogP contribution is 2.20. The van der Waals surface area contributed by atoms with E-state index in [0.717, 1.165) is 51.7 Å². The van der Waals surface area contributed by atoms with Crippen LogP contribution in [0.3, 0.4) is 0 Å². The van der Waals surface area contributed by atoms with Gasteiger partial charge in [0.15, 0.2) is 5.96 Å². The summed E-state index contributed by atoms with van der Waals surface area (Å²) in [4.78, 5) is 7.27. The van der Waals surface area contributed by atoms with E-state index in [4.69, 9.17) is 9.73 Å². The summed E-state index contributed by atoms with van der Waals surface area (Å²) in [6.45, 7) is 11.8. The van der Waals surface area contributed by atoms with Gasteiger partial charge in [-0.3, -0.25) is 9.89 Å². The van der Waals surface area contributed by atoms with Crippen LogP contribution in [0.15, 0.2) is 35.3 Å². The lowest BCUT2D eigenvalue weighted by Gasteiger charge is -2.29. The van der Waals surface area contributed by atoms with Crippen LogP contribution in [-0.2, 0) is 4.74 Å². The third-order valence-electron chi connectivity index (χ3n) is 4.02. The molecule has 0 radical (unpaired) electrons. The first kappa shape index (κ1) is 24.1. The van der Waals surface area contributed by atoms with Crippen LogP contribution < -0.4 is 10.6 Å². The van der Waals surface area contributed by atoms with Crippen LogP contribution in [0.2, 0.25) is 0 Å². The van der Waals surface area contributed by atoms with E-state index in [-0.39, 0.29) is 24.0 Å². The van der Waals surface area contributed by atoms with Crippen LogP contribution in [0.1, 0.15) is 38.8 Å². The minimum atomic E-state index is 0. The Bertz CT molecular complexity index is 452. The van der Waals surface area contributed by atoms with Crippen LogP contribution in [-0.4, -0.2) is 57.3 Å². The van der Waals surface area contributed by atoms with Gasteiger partial charge in [0.2, 0.25) is 0 Å². The summed E-state index contributed by atoms with van der Waals surface area (Å²) in [6, 6.07) is 11.0. The number of benzene rings is 1. The molecule has 0 aliphatic carbocycles. The van der Waals surface area contributed by atoms with Gasteiger partial charge in [-0.25, -0.2) is 0 Å². The van der Waals surface area contributed by atoms with Gasteiger partial charge in [0.05, 0.1) is 12.6 Å². The summed E-state index contributed by atoms with van der Waals surface area (Å²) in [5, 5.41) is 6.70. The summed E-state index contributed by atoms with van der Waals surface area (Å²) >= 11 is 0. The lowest BCUT2D eigenvalue weighted by atomic mass is 10.1. The van der Waals surface area contributed by atoms with Gasteiger partial charge >= 0.3 is 0 Å². The van der Waals surface area contributed by atoms with Gasteiger partial charge in [0.25, 0.3) is 0 Å². The lowest BCUT2D eigenvalue weighted by molar-refractivity contribution is 0.195. The van der Waals surface area contributed by atoms with Crippen molar-refractivity contribution < 1.29 is 4.74 Å². The quantitative estimate of drug-likeness (QED) is 0.229. The van der Waals surface area contributed by atoms with E-state index in [0.29, 0.717) is 6.04 Å². The Kier molecular flexibility index (Phi) is 14.9. The molecule has 0 amide bonds. The summed E-state index contributed by atoms with van der Waals surface area (Å²) in [7, 11) is 1.73. The maximum Gasteiger partial charge on any atom is 0.191 e. The second-order valence-corrected chi connectivity index (χ2v) is 5.64. The van der Waals surface area contributed by atoms with E-state index in [9.17, 15) is 0 Å². The molecule has 0 aliphatic rings. The number of rotatable bonds is 11. The molecule has 0 saturated carbocycles. The van der Waals surface area contributed by atoms with Crippen molar-refractivity contribution in [3.8, 4) is 0 Å². The molecular formula is C19H35IN4O. The van der Waals surface area contributed by atoms with Crippen molar-refractivity contribution in [2.24, 2.45) is 4.99 Å². The fourth-order valence-electron chi connectivity index (χ4n) is 2.71. The number of ether oxygens (including phenoxy) is 1. The fraction of sp³-hybridized carbons (Fsp3) is 0.632. The predicted molar refractivity (Wildman–Crippen MR) is 118 cm³/mol. The summed E-state index contributed by atoms with van der Waals surface area (Å²) in [5.41, 5.74) is 1.32. The Morgan fingerprint density at radius 1 is 1.12 bits per heavy atom. The standard InChI is InChI=1S/C19H34N4O.HI/c1-5-20-19(21-14-11-15-24-4)22-16-18(23(6-2)7-3)17-12-9-8-10-13-17;/h8-10,12-13,18H,5-7,11,14-16H2,1-4H3,(H2,20,21,22);1H. The van der Waals surface area contributed by atoms with E-state index in [1.807, 2.05) is 0 Å². The molecule has 1 aromatic carbocycles. The van der Waals surface area contributed by atoms with Crippen molar-refractivity contribution >= 4 is 29.9 Å². The number of likely N-dealkylation sites (N-methyl/N-ethyl adjacent to an activating group) is 1. The molecule has 0 aliphatic heterocycles. The number of aliphatic imine (C=N–C) groups is 1. The number of guanidine groups is 1. The van der Waals surface area contributed by atoms with Gasteiger partial charge in [0, 0.05) is 26.8 Å². The molecule has 2 N–H and O–H groups in total. The number of methoxy groups -OCH3 is 1.